The number of halogens is 1. The summed E-state index contributed by atoms with van der Waals surface area (Å²) >= 11 is 6.45. The molecule has 1 aromatic carbocycles. The van der Waals surface area contributed by atoms with Gasteiger partial charge in [0.15, 0.2) is 0 Å². The van der Waals surface area contributed by atoms with Crippen molar-refractivity contribution in [2.24, 2.45) is 0 Å². The van der Waals surface area contributed by atoms with Gasteiger partial charge < -0.3 is 25.5 Å². The number of rotatable bonds is 9. The maximum atomic E-state index is 13.5. The van der Waals surface area contributed by atoms with Gasteiger partial charge in [-0.2, -0.15) is 0 Å². The van der Waals surface area contributed by atoms with Gasteiger partial charge in [-0.3, -0.25) is 9.59 Å². The van der Waals surface area contributed by atoms with Crippen molar-refractivity contribution in [2.75, 3.05) is 30.9 Å². The molecule has 4 aromatic rings. The van der Waals surface area contributed by atoms with E-state index in [1.165, 1.54) is 11.1 Å². The molecular weight excluding hydrogens is 558 g/mol. The van der Waals surface area contributed by atoms with E-state index in [-0.39, 0.29) is 25.0 Å². The summed E-state index contributed by atoms with van der Waals surface area (Å²) in [4.78, 5) is 51.7. The molecule has 2 amide bonds. The van der Waals surface area contributed by atoms with Gasteiger partial charge in [-0.15, -0.1) is 0 Å². The molecule has 2 atom stereocenters. The minimum atomic E-state index is -0.797. The van der Waals surface area contributed by atoms with Gasteiger partial charge in [0, 0.05) is 38.0 Å². The number of anilines is 3. The first-order valence-corrected chi connectivity index (χ1v) is 13.6. The maximum Gasteiger partial charge on any atom is 0.255 e. The quantitative estimate of drug-likeness (QED) is 0.266. The molecule has 0 saturated heterocycles. The van der Waals surface area contributed by atoms with Crippen LogP contribution in [0.4, 0.5) is 17.6 Å². The summed E-state index contributed by atoms with van der Waals surface area (Å²) in [7, 11) is 3.72. The van der Waals surface area contributed by atoms with E-state index in [0.29, 0.717) is 45.0 Å². The Bertz CT molecular complexity index is 1650. The number of fused-ring (bicyclic) bond motifs is 1. The van der Waals surface area contributed by atoms with Crippen molar-refractivity contribution in [3.05, 3.63) is 82.5 Å². The van der Waals surface area contributed by atoms with Crippen LogP contribution < -0.4 is 15.5 Å². The number of aliphatic hydroxyl groups is 1. The first kappa shape index (κ1) is 28.8. The fourth-order valence-corrected chi connectivity index (χ4v) is 4.78. The average Bonchev–Trinajstić information content (AvgIpc) is 3.31. The van der Waals surface area contributed by atoms with Crippen molar-refractivity contribution in [3.8, 4) is 11.3 Å². The molecule has 42 heavy (non-hydrogen) atoms. The highest BCUT2D eigenvalue weighted by Crippen LogP contribution is 2.32. The number of pyridine rings is 1. The highest BCUT2D eigenvalue weighted by atomic mass is 35.5. The van der Waals surface area contributed by atoms with Gasteiger partial charge in [-0.25, -0.2) is 24.9 Å². The number of carbonyl (C=O) groups excluding carboxylic acids is 2. The molecule has 0 aliphatic carbocycles. The second-order valence-corrected chi connectivity index (χ2v) is 10.5. The summed E-state index contributed by atoms with van der Waals surface area (Å²) in [5.74, 6) is 1.43. The van der Waals surface area contributed by atoms with E-state index in [9.17, 15) is 14.7 Å². The Morgan fingerprint density at radius 1 is 1.14 bits per heavy atom. The van der Waals surface area contributed by atoms with Crippen LogP contribution in [0.1, 0.15) is 40.4 Å². The molecule has 0 bridgehead atoms. The van der Waals surface area contributed by atoms with Crippen LogP contribution in [0.2, 0.25) is 5.02 Å². The molecule has 0 spiro atoms. The van der Waals surface area contributed by atoms with Gasteiger partial charge >= 0.3 is 0 Å². The largest absolute Gasteiger partial charge is 0.394 e. The topological polar surface area (TPSA) is 149 Å². The zero-order chi connectivity index (χ0) is 30.0. The van der Waals surface area contributed by atoms with Crippen LogP contribution in [-0.2, 0) is 11.3 Å². The number of amides is 2. The lowest BCUT2D eigenvalue weighted by Gasteiger charge is -2.26. The average molecular weight is 588 g/mol. The van der Waals surface area contributed by atoms with E-state index in [1.807, 2.05) is 43.3 Å². The van der Waals surface area contributed by atoms with E-state index in [2.05, 4.69) is 35.6 Å². The SMILES string of the molecule is Cc1nccc(Nc2ncc(Cl)c(-c3ccc4c(c3)C(=O)N([C@H](C)C(=O)N[C@H](CO)c3cccc(N(C)C)n3)C4)n2)n1. The Hall–Kier alpha value is -4.68. The van der Waals surface area contributed by atoms with Crippen molar-refractivity contribution in [3.63, 3.8) is 0 Å². The summed E-state index contributed by atoms with van der Waals surface area (Å²) in [6.07, 6.45) is 3.11. The van der Waals surface area contributed by atoms with Gasteiger partial charge in [0.1, 0.15) is 23.5 Å². The molecular formula is C29H30ClN9O3. The minimum absolute atomic E-state index is 0.262. The van der Waals surface area contributed by atoms with E-state index in [1.54, 1.807) is 38.2 Å². The first-order valence-electron chi connectivity index (χ1n) is 13.2. The van der Waals surface area contributed by atoms with E-state index >= 15 is 0 Å². The third-order valence-electron chi connectivity index (χ3n) is 6.89. The molecule has 3 aromatic heterocycles. The van der Waals surface area contributed by atoms with Crippen molar-refractivity contribution in [1.29, 1.82) is 0 Å². The lowest BCUT2D eigenvalue weighted by atomic mass is 10.0. The third kappa shape index (κ3) is 5.99. The Morgan fingerprint density at radius 2 is 1.95 bits per heavy atom. The molecule has 4 heterocycles. The number of aryl methyl sites for hydroxylation is 1. The maximum absolute atomic E-state index is 13.5. The third-order valence-corrected chi connectivity index (χ3v) is 7.17. The predicted molar refractivity (Wildman–Crippen MR) is 158 cm³/mol. The molecule has 3 N–H and O–H groups in total. The van der Waals surface area contributed by atoms with Crippen molar-refractivity contribution in [1.82, 2.24) is 35.1 Å². The monoisotopic (exact) mass is 587 g/mol. The molecule has 5 rings (SSSR count). The predicted octanol–water partition coefficient (Wildman–Crippen LogP) is 3.29. The fourth-order valence-electron chi connectivity index (χ4n) is 4.58. The lowest BCUT2D eigenvalue weighted by molar-refractivity contribution is -0.126. The zero-order valence-corrected chi connectivity index (χ0v) is 24.3. The fraction of sp³-hybridized carbons (Fsp3) is 0.276. The lowest BCUT2D eigenvalue weighted by Crippen LogP contribution is -2.47. The molecule has 0 radical (unpaired) electrons. The van der Waals surface area contributed by atoms with Crippen molar-refractivity contribution in [2.45, 2.75) is 32.5 Å². The molecule has 13 heteroatoms. The molecule has 0 saturated carbocycles. The van der Waals surface area contributed by atoms with E-state index < -0.39 is 18.0 Å². The van der Waals surface area contributed by atoms with Gasteiger partial charge in [-0.05, 0) is 43.7 Å². The van der Waals surface area contributed by atoms with Crippen LogP contribution in [0, 0.1) is 6.92 Å². The Balaban J connectivity index is 1.32. The second kappa shape index (κ2) is 12.0. The minimum Gasteiger partial charge on any atom is -0.394 e. The molecule has 12 nitrogen and oxygen atoms in total. The molecule has 216 valence electrons. The second-order valence-electron chi connectivity index (χ2n) is 10.0. The normalized spacial score (nSPS) is 13.9. The number of nitrogens with one attached hydrogen (secondary N) is 2. The number of hydrogen-bond donors (Lipinski definition) is 3. The number of carbonyl (C=O) groups is 2. The zero-order valence-electron chi connectivity index (χ0n) is 23.5. The summed E-state index contributed by atoms with van der Waals surface area (Å²) in [6.45, 7) is 3.36. The van der Waals surface area contributed by atoms with Crippen molar-refractivity contribution >= 4 is 41.0 Å². The molecule has 0 unspecified atom stereocenters. The van der Waals surface area contributed by atoms with Gasteiger partial charge in [0.25, 0.3) is 5.91 Å². The summed E-state index contributed by atoms with van der Waals surface area (Å²) < 4.78 is 0. The molecule has 1 aliphatic rings. The number of hydrogen-bond acceptors (Lipinski definition) is 10. The van der Waals surface area contributed by atoms with Crippen LogP contribution in [0.15, 0.2) is 54.9 Å². The molecule has 1 aliphatic heterocycles. The number of nitrogens with zero attached hydrogens (tertiary/aromatic N) is 7. The van der Waals surface area contributed by atoms with Crippen LogP contribution in [0.5, 0.6) is 0 Å². The van der Waals surface area contributed by atoms with E-state index in [4.69, 9.17) is 11.6 Å². The highest BCUT2D eigenvalue weighted by Gasteiger charge is 2.35. The van der Waals surface area contributed by atoms with E-state index in [0.717, 1.165) is 5.56 Å². The summed E-state index contributed by atoms with van der Waals surface area (Å²) in [6, 6.07) is 11.0. The van der Waals surface area contributed by atoms with Gasteiger partial charge in [0.05, 0.1) is 35.3 Å². The summed E-state index contributed by atoms with van der Waals surface area (Å²) in [5.41, 5.74) is 2.83. The van der Waals surface area contributed by atoms with Crippen LogP contribution in [0.3, 0.4) is 0 Å². The summed E-state index contributed by atoms with van der Waals surface area (Å²) in [5, 5.41) is 16.2. The molecule has 0 fully saturated rings. The Morgan fingerprint density at radius 3 is 2.69 bits per heavy atom. The van der Waals surface area contributed by atoms with Crippen LogP contribution >= 0.6 is 11.6 Å². The Labute approximate surface area is 247 Å². The standard InChI is InChI=1S/C29H30ClN9O3/c1-16(27(41)35-23(15-40)22-6-5-7-25(34-22)38(3)4)39-14-19-9-8-18(12-20(19)28(39)42)26-21(30)13-32-29(37-26)36-24-10-11-31-17(2)33-24/h5-13,16,23,40H,14-15H2,1-4H3,(H,35,41)(H,31,32,33,36,37)/t16-,23-/m1/s1. The van der Waals surface area contributed by atoms with Gasteiger partial charge in [0.2, 0.25) is 11.9 Å². The van der Waals surface area contributed by atoms with Crippen LogP contribution in [0.25, 0.3) is 11.3 Å². The Kier molecular flexibility index (Phi) is 8.27. The number of benzene rings is 1. The van der Waals surface area contributed by atoms with Gasteiger partial charge in [-0.1, -0.05) is 29.8 Å². The first-order chi connectivity index (χ1) is 20.1. The number of aromatic nitrogens is 5. The highest BCUT2D eigenvalue weighted by molar-refractivity contribution is 6.33. The number of aliphatic hydroxyl groups excluding tert-OH is 1. The van der Waals surface area contributed by atoms with Crippen LogP contribution in [-0.4, -0.2) is 73.5 Å². The smallest absolute Gasteiger partial charge is 0.255 e. The van der Waals surface area contributed by atoms with Crippen molar-refractivity contribution < 1.29 is 14.7 Å².